The summed E-state index contributed by atoms with van der Waals surface area (Å²) in [6, 6.07) is 7.45. The summed E-state index contributed by atoms with van der Waals surface area (Å²) in [4.78, 5) is 13.5. The van der Waals surface area contributed by atoms with E-state index in [1.807, 2.05) is 32.9 Å². The zero-order valence-corrected chi connectivity index (χ0v) is 16.0. The fraction of sp³-hybridized carbons (Fsp3) is 0.579. The van der Waals surface area contributed by atoms with Crippen molar-refractivity contribution in [3.05, 3.63) is 35.7 Å². The highest BCUT2D eigenvalue weighted by atomic mass is 16.5. The van der Waals surface area contributed by atoms with Crippen LogP contribution in [-0.2, 0) is 16.8 Å². The van der Waals surface area contributed by atoms with Crippen LogP contribution in [0.2, 0.25) is 0 Å². The third kappa shape index (κ3) is 6.29. The first-order chi connectivity index (χ1) is 11.5. The van der Waals surface area contributed by atoms with Gasteiger partial charge < -0.3 is 4.74 Å². The monoisotopic (exact) mass is 344 g/mol. The zero-order valence-electron chi connectivity index (χ0n) is 16.0. The molecule has 0 unspecified atom stereocenters. The Morgan fingerprint density at radius 3 is 2.24 bits per heavy atom. The lowest BCUT2D eigenvalue weighted by Crippen LogP contribution is -2.24. The van der Waals surface area contributed by atoms with E-state index in [0.717, 1.165) is 12.0 Å². The summed E-state index contributed by atoms with van der Waals surface area (Å²) in [5, 5.41) is 12.6. The maximum absolute atomic E-state index is 11.9. The Labute approximate surface area is 149 Å². The molecule has 6 heteroatoms. The average Bonchev–Trinajstić information content (AvgIpc) is 2.95. The van der Waals surface area contributed by atoms with Gasteiger partial charge in [0.05, 0.1) is 5.54 Å². The smallest absolute Gasteiger partial charge is 0.311 e. The summed E-state index contributed by atoms with van der Waals surface area (Å²) in [5.41, 5.74) is 0.986. The first-order valence-electron chi connectivity index (χ1n) is 8.62. The van der Waals surface area contributed by atoms with Crippen LogP contribution < -0.4 is 4.74 Å². The Balaban J connectivity index is 1.91. The molecule has 0 bridgehead atoms. The predicted molar refractivity (Wildman–Crippen MR) is 96.4 cm³/mol. The van der Waals surface area contributed by atoms with E-state index < -0.39 is 0 Å². The topological polar surface area (TPSA) is 69.9 Å². The summed E-state index contributed by atoms with van der Waals surface area (Å²) >= 11 is 0. The predicted octanol–water partition coefficient (Wildman–Crippen LogP) is 3.75. The van der Waals surface area contributed by atoms with E-state index >= 15 is 0 Å². The van der Waals surface area contributed by atoms with Crippen molar-refractivity contribution in [3.63, 3.8) is 0 Å². The van der Waals surface area contributed by atoms with E-state index in [4.69, 9.17) is 4.74 Å². The lowest BCUT2D eigenvalue weighted by molar-refractivity contribution is -0.134. The molecule has 0 aliphatic carbocycles. The second kappa shape index (κ2) is 7.33. The maximum atomic E-state index is 11.9. The van der Waals surface area contributed by atoms with Crippen LogP contribution in [0.5, 0.6) is 5.75 Å². The quantitative estimate of drug-likeness (QED) is 0.610. The molecule has 1 aromatic heterocycles. The number of rotatable bonds is 5. The zero-order chi connectivity index (χ0) is 18.7. The highest BCUT2D eigenvalue weighted by molar-refractivity contribution is 5.72. The Kier molecular flexibility index (Phi) is 5.60. The highest BCUT2D eigenvalue weighted by Crippen LogP contribution is 2.22. The van der Waals surface area contributed by atoms with Crippen LogP contribution in [0.25, 0.3) is 0 Å². The molecule has 0 aliphatic rings. The molecule has 25 heavy (non-hydrogen) atoms. The van der Waals surface area contributed by atoms with Crippen molar-refractivity contribution in [3.8, 4) is 5.75 Å². The van der Waals surface area contributed by atoms with Gasteiger partial charge in [-0.25, -0.2) is 0 Å². The van der Waals surface area contributed by atoms with E-state index in [2.05, 4.69) is 36.2 Å². The third-order valence-corrected chi connectivity index (χ3v) is 3.65. The van der Waals surface area contributed by atoms with Crippen molar-refractivity contribution in [1.82, 2.24) is 20.2 Å². The highest BCUT2D eigenvalue weighted by Gasteiger charge is 2.17. The summed E-state index contributed by atoms with van der Waals surface area (Å²) in [5.74, 6) is 1.04. The van der Waals surface area contributed by atoms with Gasteiger partial charge in [0.15, 0.2) is 5.82 Å². The number of tetrazole rings is 1. The number of hydrogen-bond acceptors (Lipinski definition) is 5. The van der Waals surface area contributed by atoms with Gasteiger partial charge in [-0.3, -0.25) is 4.79 Å². The number of carbonyl (C=O) groups excluding carboxylic acids is 1. The molecule has 0 fully saturated rings. The van der Waals surface area contributed by atoms with Crippen LogP contribution in [0.4, 0.5) is 0 Å². The molecule has 0 spiro atoms. The van der Waals surface area contributed by atoms with Crippen molar-refractivity contribution in [2.45, 2.75) is 66.3 Å². The van der Waals surface area contributed by atoms with Gasteiger partial charge in [-0.15, -0.1) is 10.2 Å². The van der Waals surface area contributed by atoms with Gasteiger partial charge in [-0.1, -0.05) is 32.9 Å². The summed E-state index contributed by atoms with van der Waals surface area (Å²) in [7, 11) is 0. The molecule has 2 aromatic rings. The van der Waals surface area contributed by atoms with Crippen molar-refractivity contribution in [1.29, 1.82) is 0 Å². The van der Waals surface area contributed by atoms with Crippen LogP contribution in [0.15, 0.2) is 24.3 Å². The summed E-state index contributed by atoms with van der Waals surface area (Å²) in [6.07, 6.45) is 1.82. The fourth-order valence-corrected chi connectivity index (χ4v) is 2.12. The minimum Gasteiger partial charge on any atom is -0.427 e. The first kappa shape index (κ1) is 19.1. The molecule has 1 heterocycles. The number of benzene rings is 1. The SMILES string of the molecule is CC(C)(C)CCC(=O)Oc1ccc(Cc2nnn(C(C)(C)C)n2)cc1. The minimum atomic E-state index is -0.197. The van der Waals surface area contributed by atoms with Crippen LogP contribution in [0.1, 0.15) is 65.8 Å². The molecular weight excluding hydrogens is 316 g/mol. The molecule has 0 amide bonds. The van der Waals surface area contributed by atoms with Crippen LogP contribution >= 0.6 is 0 Å². The molecule has 136 valence electrons. The fourth-order valence-electron chi connectivity index (χ4n) is 2.12. The Bertz CT molecular complexity index is 706. The lowest BCUT2D eigenvalue weighted by Gasteiger charge is -2.16. The lowest BCUT2D eigenvalue weighted by atomic mass is 9.91. The normalized spacial score (nSPS) is 12.2. The summed E-state index contributed by atoms with van der Waals surface area (Å²) < 4.78 is 5.38. The van der Waals surface area contributed by atoms with Crippen molar-refractivity contribution >= 4 is 5.97 Å². The van der Waals surface area contributed by atoms with Crippen LogP contribution in [0, 0.1) is 5.41 Å². The second-order valence-electron chi connectivity index (χ2n) is 8.52. The van der Waals surface area contributed by atoms with Crippen molar-refractivity contribution in [2.75, 3.05) is 0 Å². The number of aromatic nitrogens is 4. The Hall–Kier alpha value is -2.24. The number of hydrogen-bond donors (Lipinski definition) is 0. The van der Waals surface area contributed by atoms with Gasteiger partial charge in [-0.05, 0) is 55.5 Å². The number of carbonyl (C=O) groups is 1. The van der Waals surface area contributed by atoms with Gasteiger partial charge in [0.2, 0.25) is 0 Å². The van der Waals surface area contributed by atoms with Crippen LogP contribution in [0.3, 0.4) is 0 Å². The van der Waals surface area contributed by atoms with Gasteiger partial charge in [0.1, 0.15) is 5.75 Å². The van der Waals surface area contributed by atoms with E-state index in [1.165, 1.54) is 0 Å². The third-order valence-electron chi connectivity index (χ3n) is 3.65. The van der Waals surface area contributed by atoms with Crippen molar-refractivity contribution in [2.24, 2.45) is 5.41 Å². The molecule has 0 saturated carbocycles. The van der Waals surface area contributed by atoms with E-state index in [0.29, 0.717) is 24.4 Å². The maximum Gasteiger partial charge on any atom is 0.311 e. The summed E-state index contributed by atoms with van der Waals surface area (Å²) in [6.45, 7) is 12.4. The molecule has 0 radical (unpaired) electrons. The van der Waals surface area contributed by atoms with Gasteiger partial charge in [0, 0.05) is 12.8 Å². The molecule has 0 N–H and O–H groups in total. The first-order valence-corrected chi connectivity index (χ1v) is 8.62. The van der Waals surface area contributed by atoms with E-state index in [9.17, 15) is 4.79 Å². The van der Waals surface area contributed by atoms with E-state index in [-0.39, 0.29) is 16.9 Å². The molecule has 1 aromatic carbocycles. The van der Waals surface area contributed by atoms with Gasteiger partial charge in [-0.2, -0.15) is 4.80 Å². The molecule has 6 nitrogen and oxygen atoms in total. The molecule has 0 aliphatic heterocycles. The number of esters is 1. The van der Waals surface area contributed by atoms with Gasteiger partial charge >= 0.3 is 5.97 Å². The second-order valence-corrected chi connectivity index (χ2v) is 8.52. The molecule has 2 rings (SSSR count). The standard InChI is InChI=1S/C19H28N4O2/c1-18(2,3)12-11-17(24)25-15-9-7-14(8-10-15)13-16-20-22-23(21-16)19(4,5)6/h7-10H,11-13H2,1-6H3. The number of nitrogens with zero attached hydrogens (tertiary/aromatic N) is 4. The minimum absolute atomic E-state index is 0.125. The largest absolute Gasteiger partial charge is 0.427 e. The molecular formula is C19H28N4O2. The van der Waals surface area contributed by atoms with Gasteiger partial charge in [0.25, 0.3) is 0 Å². The Morgan fingerprint density at radius 1 is 1.08 bits per heavy atom. The number of ether oxygens (including phenoxy) is 1. The average molecular weight is 344 g/mol. The van der Waals surface area contributed by atoms with Crippen molar-refractivity contribution < 1.29 is 9.53 Å². The molecule has 0 atom stereocenters. The van der Waals surface area contributed by atoms with Crippen LogP contribution in [-0.4, -0.2) is 26.2 Å². The van der Waals surface area contributed by atoms with E-state index in [1.54, 1.807) is 16.9 Å². The molecule has 0 saturated heterocycles. The Morgan fingerprint density at radius 2 is 1.72 bits per heavy atom.